The summed E-state index contributed by atoms with van der Waals surface area (Å²) < 4.78 is 68.4. The Bertz CT molecular complexity index is 1800. The fraction of sp³-hybridized carbons (Fsp3) is 0.945. The molecule has 0 saturated carbocycles. The molecular weight excluding hydrogens is 1210 g/mol. The molecule has 0 aromatic heterocycles. The average molecular weight is 1350 g/mol. The molecule has 0 saturated heterocycles. The minimum Gasteiger partial charge on any atom is -0.462 e. The Morgan fingerprint density at radius 1 is 0.315 bits per heavy atom. The van der Waals surface area contributed by atoms with Crippen LogP contribution in [0.1, 0.15) is 370 Å². The van der Waals surface area contributed by atoms with Crippen LogP contribution < -0.4 is 0 Å². The number of rotatable bonds is 71. The molecule has 0 bridgehead atoms. The van der Waals surface area contributed by atoms with Gasteiger partial charge in [-0.05, 0) is 43.4 Å². The molecule has 0 radical (unpaired) electrons. The van der Waals surface area contributed by atoms with Crippen LogP contribution in [0.5, 0.6) is 0 Å². The second-order valence-corrected chi connectivity index (χ2v) is 30.4. The average Bonchev–Trinajstić information content (AvgIpc) is 1.60. The van der Waals surface area contributed by atoms with E-state index in [4.69, 9.17) is 37.0 Å². The van der Waals surface area contributed by atoms with E-state index in [2.05, 4.69) is 48.5 Å². The molecule has 6 atom stereocenters. The van der Waals surface area contributed by atoms with Crippen LogP contribution in [0.15, 0.2) is 0 Å². The smallest absolute Gasteiger partial charge is 0.462 e. The highest BCUT2D eigenvalue weighted by Crippen LogP contribution is 2.45. The van der Waals surface area contributed by atoms with Crippen LogP contribution in [0.2, 0.25) is 0 Å². The van der Waals surface area contributed by atoms with E-state index >= 15 is 0 Å². The number of carbonyl (C=O) groups is 4. The van der Waals surface area contributed by atoms with E-state index in [1.807, 2.05) is 0 Å². The number of phosphoric acid groups is 2. The quantitative estimate of drug-likeness (QED) is 0.0222. The molecule has 0 heterocycles. The lowest BCUT2D eigenvalue weighted by atomic mass is 9.99. The van der Waals surface area contributed by atoms with Gasteiger partial charge in [0.2, 0.25) is 0 Å². The second-order valence-electron chi connectivity index (χ2n) is 27.5. The van der Waals surface area contributed by atoms with Crippen molar-refractivity contribution in [2.24, 2.45) is 17.8 Å². The van der Waals surface area contributed by atoms with Gasteiger partial charge >= 0.3 is 39.5 Å². The van der Waals surface area contributed by atoms with Gasteiger partial charge in [0.25, 0.3) is 0 Å². The molecule has 546 valence electrons. The van der Waals surface area contributed by atoms with E-state index in [1.54, 1.807) is 0 Å². The predicted octanol–water partition coefficient (Wildman–Crippen LogP) is 21.0. The first-order chi connectivity index (χ1) is 44.3. The lowest BCUT2D eigenvalue weighted by Gasteiger charge is -2.21. The Morgan fingerprint density at radius 3 is 0.826 bits per heavy atom. The van der Waals surface area contributed by atoms with E-state index in [9.17, 15) is 43.2 Å². The summed E-state index contributed by atoms with van der Waals surface area (Å²) in [5, 5.41) is 10.6. The topological polar surface area (TPSA) is 237 Å². The van der Waals surface area contributed by atoms with Crippen molar-refractivity contribution in [1.82, 2.24) is 0 Å². The van der Waals surface area contributed by atoms with Crippen molar-refractivity contribution >= 4 is 39.5 Å². The highest BCUT2D eigenvalue weighted by atomic mass is 31.2. The summed E-state index contributed by atoms with van der Waals surface area (Å²) in [6, 6.07) is 0. The molecule has 0 spiro atoms. The van der Waals surface area contributed by atoms with Gasteiger partial charge in [-0.15, -0.1) is 0 Å². The summed E-state index contributed by atoms with van der Waals surface area (Å²) in [5.74, 6) is 0.206. The lowest BCUT2D eigenvalue weighted by molar-refractivity contribution is -0.161. The second kappa shape index (κ2) is 63.8. The van der Waals surface area contributed by atoms with Crippen LogP contribution in [0.4, 0.5) is 0 Å². The number of aliphatic hydroxyl groups is 1. The SMILES string of the molecule is CCCCCCCCCCCCC(=O)OC[C@H](COP(=O)(O)OC[C@H](O)COP(=O)(O)OC[C@@H](COC(=O)CCCCCCCCCCCCCCC(C)C)OC(=O)CCCCCCCCCCCCCCC(C)C)OC(=O)CCCCCCCCCCC(C)CC. The zero-order valence-electron chi connectivity index (χ0n) is 60.0. The fourth-order valence-electron chi connectivity index (χ4n) is 11.0. The molecule has 0 aliphatic carbocycles. The fourth-order valence-corrected chi connectivity index (χ4v) is 12.6. The summed E-state index contributed by atoms with van der Waals surface area (Å²) >= 11 is 0. The van der Waals surface area contributed by atoms with Crippen LogP contribution in [0, 0.1) is 17.8 Å². The summed E-state index contributed by atoms with van der Waals surface area (Å²) in [6.07, 6.45) is 48.4. The van der Waals surface area contributed by atoms with Crippen molar-refractivity contribution in [3.05, 3.63) is 0 Å². The predicted molar refractivity (Wildman–Crippen MR) is 372 cm³/mol. The minimum absolute atomic E-state index is 0.105. The Hall–Kier alpha value is -1.94. The molecule has 17 nitrogen and oxygen atoms in total. The van der Waals surface area contributed by atoms with Crippen molar-refractivity contribution in [2.75, 3.05) is 39.6 Å². The number of unbranched alkanes of at least 4 members (excludes halogenated alkanes) is 38. The third-order valence-electron chi connectivity index (χ3n) is 17.2. The van der Waals surface area contributed by atoms with Crippen LogP contribution >= 0.6 is 15.6 Å². The van der Waals surface area contributed by atoms with E-state index in [1.165, 1.54) is 180 Å². The van der Waals surface area contributed by atoms with Crippen molar-refractivity contribution in [3.63, 3.8) is 0 Å². The van der Waals surface area contributed by atoms with Crippen LogP contribution in [-0.4, -0.2) is 96.7 Å². The largest absolute Gasteiger partial charge is 0.472 e. The first kappa shape index (κ1) is 90.1. The number of carbonyl (C=O) groups excluding carboxylic acids is 4. The van der Waals surface area contributed by atoms with Gasteiger partial charge in [-0.2, -0.15) is 0 Å². The number of ether oxygens (including phenoxy) is 4. The lowest BCUT2D eigenvalue weighted by Crippen LogP contribution is -2.30. The molecule has 3 N–H and O–H groups in total. The Balaban J connectivity index is 5.26. The highest BCUT2D eigenvalue weighted by molar-refractivity contribution is 7.47. The maximum absolute atomic E-state index is 13.1. The first-order valence-electron chi connectivity index (χ1n) is 37.9. The molecule has 0 aromatic carbocycles. The summed E-state index contributed by atoms with van der Waals surface area (Å²) in [5.41, 5.74) is 0. The van der Waals surface area contributed by atoms with Gasteiger partial charge in [0.05, 0.1) is 26.4 Å². The molecule has 3 unspecified atom stereocenters. The van der Waals surface area contributed by atoms with E-state index in [0.717, 1.165) is 108 Å². The number of esters is 4. The van der Waals surface area contributed by atoms with Crippen molar-refractivity contribution in [2.45, 2.75) is 388 Å². The number of aliphatic hydroxyl groups excluding tert-OH is 1. The monoisotopic (exact) mass is 1350 g/mol. The number of phosphoric ester groups is 2. The Kier molecular flexibility index (Phi) is 62.4. The zero-order chi connectivity index (χ0) is 68.0. The summed E-state index contributed by atoms with van der Waals surface area (Å²) in [7, 11) is -9.91. The number of hydrogen-bond donors (Lipinski definition) is 3. The van der Waals surface area contributed by atoms with Crippen LogP contribution in [0.3, 0.4) is 0 Å². The third-order valence-corrected chi connectivity index (χ3v) is 19.1. The Morgan fingerprint density at radius 2 is 0.554 bits per heavy atom. The highest BCUT2D eigenvalue weighted by Gasteiger charge is 2.30. The molecule has 92 heavy (non-hydrogen) atoms. The molecule has 19 heteroatoms. The zero-order valence-corrected chi connectivity index (χ0v) is 61.8. The summed E-state index contributed by atoms with van der Waals surface area (Å²) in [4.78, 5) is 72.7. The van der Waals surface area contributed by atoms with Crippen molar-refractivity contribution < 1.29 is 80.2 Å². The molecule has 0 aliphatic heterocycles. The maximum atomic E-state index is 13.1. The molecule has 0 fully saturated rings. The van der Waals surface area contributed by atoms with Gasteiger partial charge in [-0.1, -0.05) is 318 Å². The summed E-state index contributed by atoms with van der Waals surface area (Å²) in [6.45, 7) is 11.9. The molecule has 0 aromatic rings. The van der Waals surface area contributed by atoms with E-state index < -0.39 is 97.5 Å². The molecule has 0 rings (SSSR count). The minimum atomic E-state index is -4.96. The molecule has 0 amide bonds. The standard InChI is InChI=1S/C73H142O17P2/c1-8-10-11-12-13-14-25-33-40-47-54-70(75)83-61-69(90-73(78)57-50-43-36-29-28-32-39-46-53-66(7)9-2)63-88-92(81,82)86-59-67(74)58-85-91(79,80)87-62-68(89-72(77)56-49-42-35-27-22-18-16-20-24-31-38-45-52-65(5)6)60-84-71(76)55-48-41-34-26-21-17-15-19-23-30-37-44-51-64(3)4/h64-69,74H,8-63H2,1-7H3,(H,79,80)(H,81,82)/t66?,67-,68-,69-/m1/s1. The first-order valence-corrected chi connectivity index (χ1v) is 40.9. The van der Waals surface area contributed by atoms with Gasteiger partial charge in [0, 0.05) is 25.7 Å². The van der Waals surface area contributed by atoms with Gasteiger partial charge in [0.1, 0.15) is 19.3 Å². The van der Waals surface area contributed by atoms with Gasteiger partial charge < -0.3 is 33.8 Å². The van der Waals surface area contributed by atoms with Crippen LogP contribution in [0.25, 0.3) is 0 Å². The van der Waals surface area contributed by atoms with Gasteiger partial charge in [-0.3, -0.25) is 37.3 Å². The van der Waals surface area contributed by atoms with Gasteiger partial charge in [-0.25, -0.2) is 9.13 Å². The van der Waals surface area contributed by atoms with Gasteiger partial charge in [0.15, 0.2) is 12.2 Å². The van der Waals surface area contributed by atoms with E-state index in [0.29, 0.717) is 25.7 Å². The molecular formula is C73H142O17P2. The van der Waals surface area contributed by atoms with Crippen LogP contribution in [-0.2, 0) is 65.4 Å². The molecule has 0 aliphatic rings. The Labute approximate surface area is 562 Å². The van der Waals surface area contributed by atoms with Crippen molar-refractivity contribution in [3.8, 4) is 0 Å². The van der Waals surface area contributed by atoms with E-state index in [-0.39, 0.29) is 25.7 Å². The third kappa shape index (κ3) is 65.4. The maximum Gasteiger partial charge on any atom is 0.472 e. The number of hydrogen-bond acceptors (Lipinski definition) is 15. The normalized spacial score (nSPS) is 14.4. The van der Waals surface area contributed by atoms with Crippen molar-refractivity contribution in [1.29, 1.82) is 0 Å².